The third-order valence-electron chi connectivity index (χ3n) is 9.77. The van der Waals surface area contributed by atoms with Crippen molar-refractivity contribution in [1.29, 1.82) is 0 Å². The molecular weight excluding hydrogens is 801 g/mol. The van der Waals surface area contributed by atoms with Gasteiger partial charge in [0.05, 0.1) is 22.6 Å². The summed E-state index contributed by atoms with van der Waals surface area (Å²) in [6, 6.07) is 27.4. The first-order valence-corrected chi connectivity index (χ1v) is 23.9. The Morgan fingerprint density at radius 1 is 0.684 bits per heavy atom. The zero-order valence-electron chi connectivity index (χ0n) is 33.6. The first kappa shape index (κ1) is 44.5. The van der Waals surface area contributed by atoms with Crippen molar-refractivity contribution in [2.45, 2.75) is 92.3 Å². The summed E-state index contributed by atoms with van der Waals surface area (Å²) >= 11 is 2.70. The molecule has 4 aromatic rings. The zero-order chi connectivity index (χ0) is 41.6. The highest BCUT2D eigenvalue weighted by Gasteiger charge is 2.41. The van der Waals surface area contributed by atoms with E-state index in [1.165, 1.54) is 38.4 Å². The average Bonchev–Trinajstić information content (AvgIpc) is 3.99. The van der Waals surface area contributed by atoms with Crippen molar-refractivity contribution in [2.24, 2.45) is 0 Å². The summed E-state index contributed by atoms with van der Waals surface area (Å²) in [5, 5.41) is 4.18. The number of carbonyl (C=O) groups excluding carboxylic acids is 2. The van der Waals surface area contributed by atoms with Crippen LogP contribution in [0.15, 0.2) is 111 Å². The summed E-state index contributed by atoms with van der Waals surface area (Å²) < 4.78 is 60.3. The molecule has 3 aromatic carbocycles. The minimum Gasteiger partial charge on any atom is -0.467 e. The Labute approximate surface area is 346 Å². The largest absolute Gasteiger partial charge is 0.467 e. The predicted molar refractivity (Wildman–Crippen MR) is 229 cm³/mol. The first-order valence-electron chi connectivity index (χ1n) is 18.9. The highest BCUT2D eigenvalue weighted by atomic mass is 32.2. The van der Waals surface area contributed by atoms with E-state index >= 15 is 0 Å². The molecule has 3 unspecified atom stereocenters. The molecule has 3 heterocycles. The van der Waals surface area contributed by atoms with Crippen LogP contribution >= 0.6 is 23.5 Å². The molecule has 2 N–H and O–H groups in total. The molecule has 2 aliphatic heterocycles. The van der Waals surface area contributed by atoms with Crippen molar-refractivity contribution in [3.05, 3.63) is 120 Å². The molecule has 1 aromatic heterocycles. The van der Waals surface area contributed by atoms with Gasteiger partial charge < -0.3 is 15.1 Å². The lowest BCUT2D eigenvalue weighted by Crippen LogP contribution is -2.45. The summed E-state index contributed by atoms with van der Waals surface area (Å²) in [6.07, 6.45) is 1.53. The number of nitrogens with one attached hydrogen (secondary N) is 2. The molecule has 15 heteroatoms. The normalized spacial score (nSPS) is 18.7. The second kappa shape index (κ2) is 18.5. The Bertz CT molecular complexity index is 2170. The van der Waals surface area contributed by atoms with Gasteiger partial charge in [0.25, 0.3) is 0 Å². The lowest BCUT2D eigenvalue weighted by Gasteiger charge is -2.24. The second-order valence-corrected chi connectivity index (χ2v) is 22.2. The highest BCUT2D eigenvalue weighted by molar-refractivity contribution is 8.02. The van der Waals surface area contributed by atoms with Crippen LogP contribution < -0.4 is 10.6 Å². The van der Waals surface area contributed by atoms with Gasteiger partial charge in [-0.3, -0.25) is 9.59 Å². The summed E-state index contributed by atoms with van der Waals surface area (Å²) in [5.74, 6) is 1.37. The lowest BCUT2D eigenvalue weighted by atomic mass is 9.87. The SMILES string of the molecule is CC(C)(C)c1ccc(S(=O)(=O)N2CCSC2C(=O)NCc2ccco2)cc1.CC(CNC(=O)C1SCCN1S(=O)(=O)c1ccc(C(C)(C)C)cc1)c1ccccc1. The van der Waals surface area contributed by atoms with Gasteiger partial charge in [-0.1, -0.05) is 103 Å². The smallest absolute Gasteiger partial charge is 0.249 e. The van der Waals surface area contributed by atoms with Gasteiger partial charge >= 0.3 is 0 Å². The molecule has 57 heavy (non-hydrogen) atoms. The Kier molecular flexibility index (Phi) is 14.5. The van der Waals surface area contributed by atoms with Crippen molar-refractivity contribution in [3.8, 4) is 0 Å². The maximum atomic E-state index is 13.2. The third-order valence-corrected chi connectivity index (χ3v) is 16.2. The Hall–Kier alpha value is -3.60. The van der Waals surface area contributed by atoms with Crippen molar-refractivity contribution in [2.75, 3.05) is 31.1 Å². The fraction of sp³-hybridized carbons (Fsp3) is 0.429. The van der Waals surface area contributed by atoms with E-state index in [2.05, 4.69) is 52.2 Å². The quantitative estimate of drug-likeness (QED) is 0.164. The lowest BCUT2D eigenvalue weighted by molar-refractivity contribution is -0.123. The van der Waals surface area contributed by atoms with E-state index in [1.807, 2.05) is 61.5 Å². The fourth-order valence-electron chi connectivity index (χ4n) is 6.25. The van der Waals surface area contributed by atoms with Crippen LogP contribution in [0.5, 0.6) is 0 Å². The average molecular weight is 855 g/mol. The molecule has 0 bridgehead atoms. The number of hydrogen-bond acceptors (Lipinski definition) is 9. The van der Waals surface area contributed by atoms with Crippen LogP contribution in [0.1, 0.15) is 76.8 Å². The molecule has 2 fully saturated rings. The molecule has 2 saturated heterocycles. The van der Waals surface area contributed by atoms with Crippen molar-refractivity contribution in [3.63, 3.8) is 0 Å². The van der Waals surface area contributed by atoms with E-state index in [0.717, 1.165) is 16.7 Å². The van der Waals surface area contributed by atoms with Crippen LogP contribution in [0.4, 0.5) is 0 Å². The third kappa shape index (κ3) is 11.1. The number of sulfonamides is 2. The number of carbonyl (C=O) groups is 2. The zero-order valence-corrected chi connectivity index (χ0v) is 36.9. The Morgan fingerprint density at radius 3 is 1.56 bits per heavy atom. The van der Waals surface area contributed by atoms with Crippen LogP contribution in [0.25, 0.3) is 0 Å². The van der Waals surface area contributed by atoms with Crippen LogP contribution in [0, 0.1) is 0 Å². The van der Waals surface area contributed by atoms with Gasteiger partial charge in [-0.05, 0) is 69.8 Å². The molecule has 0 saturated carbocycles. The fourth-order valence-corrected chi connectivity index (χ4v) is 12.5. The standard InChI is InChI=1S/C23H30N2O3S2.C19H24N2O4S2/c1-17(18-8-6-5-7-9-18)16-24-21(26)22-25(14-15-29-22)30(27,28)20-12-10-19(11-13-20)23(2,3)4;1-19(2,3)14-6-8-16(9-7-14)27(23,24)21-10-12-26-18(21)17(22)20-13-15-5-4-11-25-15/h5-13,17,22H,14-16H2,1-4H3,(H,24,26);4-9,11,18H,10,12-13H2,1-3H3,(H,20,22). The minimum atomic E-state index is -3.74. The van der Waals surface area contributed by atoms with Gasteiger partial charge in [0.15, 0.2) is 0 Å². The summed E-state index contributed by atoms with van der Waals surface area (Å²) in [7, 11) is -7.47. The number of nitrogens with zero attached hydrogens (tertiary/aromatic N) is 2. The second-order valence-electron chi connectivity index (χ2n) is 16.1. The molecule has 3 atom stereocenters. The summed E-state index contributed by atoms with van der Waals surface area (Å²) in [5.41, 5.74) is 3.16. The topological polar surface area (TPSA) is 146 Å². The summed E-state index contributed by atoms with van der Waals surface area (Å²) in [4.78, 5) is 25.8. The molecule has 0 radical (unpaired) electrons. The van der Waals surface area contributed by atoms with E-state index in [1.54, 1.807) is 36.4 Å². The van der Waals surface area contributed by atoms with Gasteiger partial charge in [0.1, 0.15) is 16.5 Å². The number of benzene rings is 3. The van der Waals surface area contributed by atoms with Gasteiger partial charge in [0.2, 0.25) is 31.9 Å². The van der Waals surface area contributed by atoms with Crippen LogP contribution in [-0.4, -0.2) is 79.1 Å². The molecule has 0 spiro atoms. The molecule has 2 aliphatic rings. The number of hydrogen-bond donors (Lipinski definition) is 2. The number of amides is 2. The van der Waals surface area contributed by atoms with Crippen molar-refractivity contribution < 1.29 is 30.8 Å². The minimum absolute atomic E-state index is 0.0519. The van der Waals surface area contributed by atoms with Gasteiger partial charge in [0, 0.05) is 31.1 Å². The molecule has 2 amide bonds. The number of furan rings is 1. The van der Waals surface area contributed by atoms with E-state index in [9.17, 15) is 26.4 Å². The molecule has 0 aliphatic carbocycles. The summed E-state index contributed by atoms with van der Waals surface area (Å²) in [6.45, 7) is 15.9. The van der Waals surface area contributed by atoms with Crippen LogP contribution in [-0.2, 0) is 47.0 Å². The van der Waals surface area contributed by atoms with E-state index in [0.29, 0.717) is 36.9 Å². The predicted octanol–water partition coefficient (Wildman–Crippen LogP) is 6.92. The molecular formula is C42H54N4O7S4. The van der Waals surface area contributed by atoms with E-state index < -0.39 is 30.8 Å². The van der Waals surface area contributed by atoms with E-state index in [4.69, 9.17) is 4.42 Å². The van der Waals surface area contributed by atoms with Crippen LogP contribution in [0.3, 0.4) is 0 Å². The van der Waals surface area contributed by atoms with Gasteiger partial charge in [-0.25, -0.2) is 16.8 Å². The maximum absolute atomic E-state index is 13.2. The van der Waals surface area contributed by atoms with Crippen LogP contribution in [0.2, 0.25) is 0 Å². The maximum Gasteiger partial charge on any atom is 0.249 e. The first-order chi connectivity index (χ1) is 26.8. The Morgan fingerprint density at radius 2 is 1.14 bits per heavy atom. The number of rotatable bonds is 11. The molecule has 6 rings (SSSR count). The molecule has 308 valence electrons. The van der Waals surface area contributed by atoms with Gasteiger partial charge in [-0.15, -0.1) is 23.5 Å². The molecule has 11 nitrogen and oxygen atoms in total. The van der Waals surface area contributed by atoms with Gasteiger partial charge in [-0.2, -0.15) is 8.61 Å². The highest BCUT2D eigenvalue weighted by Crippen LogP contribution is 2.33. The van der Waals surface area contributed by atoms with Crippen molar-refractivity contribution >= 4 is 55.4 Å². The monoisotopic (exact) mass is 854 g/mol. The van der Waals surface area contributed by atoms with Crippen molar-refractivity contribution in [1.82, 2.24) is 19.2 Å². The Balaban J connectivity index is 0.000000219. The number of thioether (sulfide) groups is 2. The van der Waals surface area contributed by atoms with E-state index in [-0.39, 0.29) is 44.9 Å².